The maximum atomic E-state index is 10.4. The van der Waals surface area contributed by atoms with E-state index in [0.717, 1.165) is 38.5 Å². The van der Waals surface area contributed by atoms with Crippen LogP contribution < -0.4 is 0 Å². The van der Waals surface area contributed by atoms with Crippen molar-refractivity contribution in [1.29, 1.82) is 0 Å². The first kappa shape index (κ1) is 13.8. The molecule has 3 heteroatoms. The van der Waals surface area contributed by atoms with Crippen LogP contribution in [0.5, 0.6) is 0 Å². The van der Waals surface area contributed by atoms with Crippen LogP contribution in [0.4, 0.5) is 0 Å². The molecule has 0 aromatic carbocycles. The fourth-order valence-corrected chi connectivity index (χ4v) is 5.89. The topological polar surface area (TPSA) is 49.7 Å². The normalized spacial score (nSPS) is 51.9. The van der Waals surface area contributed by atoms with Crippen LogP contribution in [-0.2, 0) is 4.74 Å². The molecule has 2 N–H and O–H groups in total. The Kier molecular flexibility index (Phi) is 3.05. The molecule has 0 heterocycles. The molecule has 0 aliphatic heterocycles. The number of aliphatic hydroxyl groups is 2. The van der Waals surface area contributed by atoms with Gasteiger partial charge in [-0.05, 0) is 49.9 Å². The largest absolute Gasteiger partial charge is 0.396 e. The van der Waals surface area contributed by atoms with Crippen molar-refractivity contribution in [2.75, 3.05) is 13.7 Å². The summed E-state index contributed by atoms with van der Waals surface area (Å²) in [5.41, 5.74) is 0.259. The van der Waals surface area contributed by atoms with E-state index in [1.807, 2.05) is 7.11 Å². The molecule has 5 atom stereocenters. The van der Waals surface area contributed by atoms with Crippen LogP contribution in [0.1, 0.15) is 52.4 Å². The van der Waals surface area contributed by atoms with Crippen molar-refractivity contribution in [3.05, 3.63) is 0 Å². The van der Waals surface area contributed by atoms with Crippen LogP contribution >= 0.6 is 0 Å². The van der Waals surface area contributed by atoms with E-state index in [1.165, 1.54) is 0 Å². The number of ether oxygens (including phenoxy) is 1. The van der Waals surface area contributed by atoms with Crippen LogP contribution in [0, 0.1) is 22.2 Å². The Hall–Kier alpha value is -0.120. The summed E-state index contributed by atoms with van der Waals surface area (Å²) in [7, 11) is 1.83. The van der Waals surface area contributed by atoms with Gasteiger partial charge >= 0.3 is 0 Å². The highest BCUT2D eigenvalue weighted by molar-refractivity contribution is 5.15. The Balaban J connectivity index is 2.01. The number of methoxy groups -OCH3 is 1. The van der Waals surface area contributed by atoms with Gasteiger partial charge in [0.05, 0.1) is 18.8 Å². The van der Waals surface area contributed by atoms with E-state index in [-0.39, 0.29) is 23.5 Å². The summed E-state index contributed by atoms with van der Waals surface area (Å²) in [5.74, 6) is 0.678. The highest BCUT2D eigenvalue weighted by Gasteiger charge is 2.65. The molecule has 3 aliphatic rings. The average Bonchev–Trinajstić information content (AvgIpc) is 2.61. The minimum absolute atomic E-state index is 0.125. The molecular weight excluding hydrogens is 240 g/mol. The number of hydrogen-bond donors (Lipinski definition) is 2. The number of fused-ring (bicyclic) bond motifs is 1. The maximum absolute atomic E-state index is 10.4. The molecule has 0 amide bonds. The maximum Gasteiger partial charge on any atom is 0.0635 e. The number of aliphatic hydroxyl groups excluding tert-OH is 2. The third kappa shape index (κ3) is 1.68. The second-order valence-electron chi connectivity index (χ2n) is 7.99. The van der Waals surface area contributed by atoms with Gasteiger partial charge in [0.15, 0.2) is 0 Å². The lowest BCUT2D eigenvalue weighted by Gasteiger charge is -2.58. The lowest BCUT2D eigenvalue weighted by molar-refractivity contribution is -0.170. The van der Waals surface area contributed by atoms with Crippen molar-refractivity contribution >= 4 is 0 Å². The van der Waals surface area contributed by atoms with Crippen molar-refractivity contribution in [2.24, 2.45) is 22.2 Å². The van der Waals surface area contributed by atoms with E-state index >= 15 is 0 Å². The fraction of sp³-hybridized carbons (Fsp3) is 1.00. The molecule has 2 bridgehead atoms. The van der Waals surface area contributed by atoms with E-state index in [1.54, 1.807) is 0 Å². The van der Waals surface area contributed by atoms with E-state index in [4.69, 9.17) is 4.74 Å². The van der Waals surface area contributed by atoms with Gasteiger partial charge in [-0.15, -0.1) is 0 Å². The molecule has 3 saturated carbocycles. The molecule has 0 aromatic rings. The monoisotopic (exact) mass is 268 g/mol. The molecule has 3 aliphatic carbocycles. The molecular formula is C16H28O3. The minimum atomic E-state index is -0.328. The molecule has 0 saturated heterocycles. The lowest BCUT2D eigenvalue weighted by atomic mass is 9.48. The van der Waals surface area contributed by atoms with Crippen molar-refractivity contribution < 1.29 is 14.9 Å². The van der Waals surface area contributed by atoms with Crippen LogP contribution in [-0.4, -0.2) is 36.1 Å². The Morgan fingerprint density at radius 1 is 1.21 bits per heavy atom. The zero-order valence-electron chi connectivity index (χ0n) is 12.5. The van der Waals surface area contributed by atoms with Gasteiger partial charge in [-0.2, -0.15) is 0 Å². The predicted octanol–water partition coefficient (Wildman–Crippen LogP) is 2.35. The quantitative estimate of drug-likeness (QED) is 0.808. The summed E-state index contributed by atoms with van der Waals surface area (Å²) in [4.78, 5) is 0. The minimum Gasteiger partial charge on any atom is -0.396 e. The molecule has 3 fully saturated rings. The SMILES string of the molecule is CO[C@H]1CC(C)(C)[C@@H]2CC[C@]3(CO)C[C@]12CC[C@H]3O. The van der Waals surface area contributed by atoms with Gasteiger partial charge < -0.3 is 14.9 Å². The third-order valence-corrected chi connectivity index (χ3v) is 6.79. The van der Waals surface area contributed by atoms with Gasteiger partial charge in [0.1, 0.15) is 0 Å². The summed E-state index contributed by atoms with van der Waals surface area (Å²) < 4.78 is 5.85. The number of hydrogen-bond acceptors (Lipinski definition) is 3. The molecule has 3 nitrogen and oxygen atoms in total. The molecule has 0 aromatic heterocycles. The van der Waals surface area contributed by atoms with Crippen LogP contribution in [0.25, 0.3) is 0 Å². The lowest BCUT2D eigenvalue weighted by Crippen LogP contribution is -2.56. The Morgan fingerprint density at radius 2 is 1.95 bits per heavy atom. The van der Waals surface area contributed by atoms with Gasteiger partial charge in [-0.3, -0.25) is 0 Å². The van der Waals surface area contributed by atoms with Gasteiger partial charge in [0.2, 0.25) is 0 Å². The first-order valence-electron chi connectivity index (χ1n) is 7.72. The molecule has 3 rings (SSSR count). The second kappa shape index (κ2) is 4.19. The smallest absolute Gasteiger partial charge is 0.0635 e. The van der Waals surface area contributed by atoms with Gasteiger partial charge in [-0.25, -0.2) is 0 Å². The average molecular weight is 268 g/mol. The highest BCUT2D eigenvalue weighted by atomic mass is 16.5. The summed E-state index contributed by atoms with van der Waals surface area (Å²) in [6.07, 6.45) is 6.02. The highest BCUT2D eigenvalue weighted by Crippen LogP contribution is 2.69. The molecule has 1 spiro atoms. The Labute approximate surface area is 116 Å². The van der Waals surface area contributed by atoms with Crippen molar-refractivity contribution in [3.8, 4) is 0 Å². The van der Waals surface area contributed by atoms with E-state index in [2.05, 4.69) is 13.8 Å². The summed E-state index contributed by atoms with van der Waals surface area (Å²) in [5, 5.41) is 20.2. The zero-order valence-corrected chi connectivity index (χ0v) is 12.5. The van der Waals surface area contributed by atoms with Crippen molar-refractivity contribution in [1.82, 2.24) is 0 Å². The van der Waals surface area contributed by atoms with Crippen LogP contribution in [0.15, 0.2) is 0 Å². The van der Waals surface area contributed by atoms with Crippen molar-refractivity contribution in [3.63, 3.8) is 0 Å². The fourth-order valence-electron chi connectivity index (χ4n) is 5.89. The van der Waals surface area contributed by atoms with E-state index in [9.17, 15) is 10.2 Å². The molecule has 110 valence electrons. The first-order valence-corrected chi connectivity index (χ1v) is 7.72. The van der Waals surface area contributed by atoms with E-state index < -0.39 is 0 Å². The summed E-state index contributed by atoms with van der Waals surface area (Å²) in [6.45, 7) is 4.87. The van der Waals surface area contributed by atoms with Gasteiger partial charge in [0.25, 0.3) is 0 Å². The predicted molar refractivity (Wildman–Crippen MR) is 73.7 cm³/mol. The van der Waals surface area contributed by atoms with Crippen LogP contribution in [0.2, 0.25) is 0 Å². The molecule has 19 heavy (non-hydrogen) atoms. The molecule has 0 unspecified atom stereocenters. The first-order chi connectivity index (χ1) is 8.90. The van der Waals surface area contributed by atoms with Crippen molar-refractivity contribution in [2.45, 2.75) is 64.6 Å². The Morgan fingerprint density at radius 3 is 2.58 bits per heavy atom. The van der Waals surface area contributed by atoms with E-state index in [0.29, 0.717) is 17.4 Å². The summed E-state index contributed by atoms with van der Waals surface area (Å²) >= 11 is 0. The number of rotatable bonds is 2. The third-order valence-electron chi connectivity index (χ3n) is 6.79. The second-order valence-corrected chi connectivity index (χ2v) is 7.99. The summed E-state index contributed by atoms with van der Waals surface area (Å²) in [6, 6.07) is 0. The zero-order chi connectivity index (χ0) is 13.9. The standard InChI is InChI=1S/C16H28O3/c1-14(2)8-13(19-3)16-7-5-12(18)15(9-16,10-17)6-4-11(14)16/h11-13,17-18H,4-10H2,1-3H3/t11-,12+,13-,15+,16-/m0/s1. The van der Waals surface area contributed by atoms with Crippen LogP contribution in [0.3, 0.4) is 0 Å². The van der Waals surface area contributed by atoms with Gasteiger partial charge in [-0.1, -0.05) is 13.8 Å². The van der Waals surface area contributed by atoms with Gasteiger partial charge in [0, 0.05) is 17.9 Å². The molecule has 0 radical (unpaired) electrons. The Bertz CT molecular complexity index is 367.